The van der Waals surface area contributed by atoms with Gasteiger partial charge in [0, 0.05) is 39.0 Å². The van der Waals surface area contributed by atoms with E-state index in [1.54, 1.807) is 18.2 Å². The summed E-state index contributed by atoms with van der Waals surface area (Å²) in [6.07, 6.45) is 0.411. The Morgan fingerprint density at radius 1 is 1.32 bits per heavy atom. The Kier molecular flexibility index (Phi) is 5.60. The minimum atomic E-state index is -3.35. The third-order valence-corrected chi connectivity index (χ3v) is 5.35. The molecule has 2 N–H and O–H groups in total. The zero-order chi connectivity index (χ0) is 16.3. The van der Waals surface area contributed by atoms with Crippen molar-refractivity contribution in [3.8, 4) is 0 Å². The summed E-state index contributed by atoms with van der Waals surface area (Å²) in [6, 6.07) is 5.16. The van der Waals surface area contributed by atoms with E-state index in [9.17, 15) is 13.5 Å². The molecule has 22 heavy (non-hydrogen) atoms. The van der Waals surface area contributed by atoms with E-state index >= 15 is 0 Å². The first-order valence-electron chi connectivity index (χ1n) is 7.71. The number of aliphatic hydroxyl groups excluding tert-OH is 1. The molecule has 2 unspecified atom stereocenters. The second-order valence-corrected chi connectivity index (χ2v) is 8.27. The van der Waals surface area contributed by atoms with Gasteiger partial charge in [0.05, 0.1) is 11.0 Å². The number of aryl methyl sites for hydroxylation is 1. The first-order chi connectivity index (χ1) is 10.3. The Morgan fingerprint density at radius 3 is 2.55 bits per heavy atom. The maximum absolute atomic E-state index is 12.0. The molecule has 0 amide bonds. The van der Waals surface area contributed by atoms with E-state index in [-0.39, 0.29) is 10.8 Å². The molecule has 1 fully saturated rings. The van der Waals surface area contributed by atoms with E-state index < -0.39 is 15.9 Å². The van der Waals surface area contributed by atoms with E-state index in [0.717, 1.165) is 38.3 Å². The smallest absolute Gasteiger partial charge is 0.175 e. The van der Waals surface area contributed by atoms with Crippen LogP contribution in [0.15, 0.2) is 23.1 Å². The number of rotatable bonds is 5. The largest absolute Gasteiger partial charge is 0.388 e. The summed E-state index contributed by atoms with van der Waals surface area (Å²) in [5.41, 5.74) is 1.47. The van der Waals surface area contributed by atoms with Gasteiger partial charge in [-0.15, -0.1) is 0 Å². The van der Waals surface area contributed by atoms with Crippen LogP contribution >= 0.6 is 0 Å². The lowest BCUT2D eigenvalue weighted by atomic mass is 9.95. The normalized spacial score (nSPS) is 19.8. The quantitative estimate of drug-likeness (QED) is 0.844. The Morgan fingerprint density at radius 2 is 1.95 bits per heavy atom. The molecule has 0 radical (unpaired) electrons. The van der Waals surface area contributed by atoms with Gasteiger partial charge >= 0.3 is 0 Å². The molecule has 1 aliphatic rings. The molecule has 1 aromatic carbocycles. The topological polar surface area (TPSA) is 69.6 Å². The molecular weight excluding hydrogens is 300 g/mol. The number of aliphatic hydroxyl groups is 1. The number of nitrogens with zero attached hydrogens (tertiary/aromatic N) is 1. The highest BCUT2D eigenvalue weighted by atomic mass is 32.2. The molecule has 2 atom stereocenters. The fourth-order valence-corrected chi connectivity index (χ4v) is 3.87. The number of benzene rings is 1. The number of nitrogens with one attached hydrogen (secondary N) is 1. The SMILES string of the molecule is Cc1ccc(S(C)(=O)=O)c(C(O)C(C)CN2CCNCC2)c1. The third kappa shape index (κ3) is 4.29. The Hall–Kier alpha value is -0.950. The van der Waals surface area contributed by atoms with Crippen molar-refractivity contribution < 1.29 is 13.5 Å². The van der Waals surface area contributed by atoms with Gasteiger partial charge in [-0.1, -0.05) is 24.6 Å². The van der Waals surface area contributed by atoms with E-state index in [0.29, 0.717) is 5.56 Å². The van der Waals surface area contributed by atoms with E-state index in [4.69, 9.17) is 0 Å². The van der Waals surface area contributed by atoms with Crippen LogP contribution in [0.5, 0.6) is 0 Å². The van der Waals surface area contributed by atoms with Gasteiger partial charge in [0.25, 0.3) is 0 Å². The van der Waals surface area contributed by atoms with Gasteiger partial charge < -0.3 is 15.3 Å². The lowest BCUT2D eigenvalue weighted by molar-refractivity contribution is 0.0821. The Bertz CT molecular complexity index is 610. The second kappa shape index (κ2) is 7.08. The third-order valence-electron chi connectivity index (χ3n) is 4.18. The molecule has 124 valence electrons. The number of hydrogen-bond acceptors (Lipinski definition) is 5. The fraction of sp³-hybridized carbons (Fsp3) is 0.625. The molecule has 1 heterocycles. The van der Waals surface area contributed by atoms with E-state index in [2.05, 4.69) is 10.2 Å². The number of piperazine rings is 1. The maximum Gasteiger partial charge on any atom is 0.175 e. The van der Waals surface area contributed by atoms with Crippen molar-refractivity contribution in [1.82, 2.24) is 10.2 Å². The van der Waals surface area contributed by atoms with Gasteiger partial charge in [-0.3, -0.25) is 0 Å². The first kappa shape index (κ1) is 17.4. The van der Waals surface area contributed by atoms with Crippen LogP contribution in [0.4, 0.5) is 0 Å². The predicted molar refractivity (Wildman–Crippen MR) is 87.7 cm³/mol. The highest BCUT2D eigenvalue weighted by Crippen LogP contribution is 2.29. The summed E-state index contributed by atoms with van der Waals surface area (Å²) in [6.45, 7) is 8.49. The minimum absolute atomic E-state index is 0.0274. The average molecular weight is 326 g/mol. The van der Waals surface area contributed by atoms with Crippen molar-refractivity contribution in [3.05, 3.63) is 29.3 Å². The van der Waals surface area contributed by atoms with Gasteiger partial charge in [-0.25, -0.2) is 8.42 Å². The van der Waals surface area contributed by atoms with Crippen LogP contribution in [0.1, 0.15) is 24.2 Å². The van der Waals surface area contributed by atoms with Crippen molar-refractivity contribution in [1.29, 1.82) is 0 Å². The molecule has 1 saturated heterocycles. The standard InChI is InChI=1S/C16H26N2O3S/c1-12-4-5-15(22(3,20)21)14(10-12)16(19)13(2)11-18-8-6-17-7-9-18/h4-5,10,13,16-17,19H,6-9,11H2,1-3H3. The Labute approximate surface area is 133 Å². The van der Waals surface area contributed by atoms with Crippen LogP contribution in [0.2, 0.25) is 0 Å². The summed E-state index contributed by atoms with van der Waals surface area (Å²) < 4.78 is 23.9. The van der Waals surface area contributed by atoms with Gasteiger partial charge in [-0.05, 0) is 24.5 Å². The summed E-state index contributed by atoms with van der Waals surface area (Å²) in [5.74, 6) is -0.0274. The van der Waals surface area contributed by atoms with Crippen LogP contribution < -0.4 is 5.32 Å². The molecule has 1 aromatic rings. The number of sulfone groups is 1. The van der Waals surface area contributed by atoms with Crippen molar-refractivity contribution in [3.63, 3.8) is 0 Å². The number of hydrogen-bond donors (Lipinski definition) is 2. The molecule has 0 bridgehead atoms. The van der Waals surface area contributed by atoms with Crippen LogP contribution in [0.25, 0.3) is 0 Å². The summed E-state index contributed by atoms with van der Waals surface area (Å²) in [7, 11) is -3.35. The van der Waals surface area contributed by atoms with Gasteiger partial charge in [-0.2, -0.15) is 0 Å². The predicted octanol–water partition coefficient (Wildman–Crippen LogP) is 0.973. The molecule has 0 aliphatic carbocycles. The Balaban J connectivity index is 2.20. The van der Waals surface area contributed by atoms with Crippen LogP contribution in [0, 0.1) is 12.8 Å². The maximum atomic E-state index is 12.0. The van der Waals surface area contributed by atoms with E-state index in [1.807, 2.05) is 13.8 Å². The fourth-order valence-electron chi connectivity index (χ4n) is 2.94. The molecule has 5 nitrogen and oxygen atoms in total. The van der Waals surface area contributed by atoms with Gasteiger partial charge in [0.1, 0.15) is 0 Å². The first-order valence-corrected chi connectivity index (χ1v) is 9.60. The minimum Gasteiger partial charge on any atom is -0.388 e. The van der Waals surface area contributed by atoms with Crippen molar-refractivity contribution in [2.24, 2.45) is 5.92 Å². The molecule has 0 spiro atoms. The highest BCUT2D eigenvalue weighted by Gasteiger charge is 2.25. The van der Waals surface area contributed by atoms with Crippen LogP contribution in [-0.2, 0) is 9.84 Å². The molecule has 0 aromatic heterocycles. The lowest BCUT2D eigenvalue weighted by Gasteiger charge is -2.31. The van der Waals surface area contributed by atoms with Crippen LogP contribution in [0.3, 0.4) is 0 Å². The lowest BCUT2D eigenvalue weighted by Crippen LogP contribution is -2.45. The van der Waals surface area contributed by atoms with Gasteiger partial charge in [0.15, 0.2) is 9.84 Å². The second-order valence-electron chi connectivity index (χ2n) is 6.29. The van der Waals surface area contributed by atoms with Crippen molar-refractivity contribution in [2.45, 2.75) is 24.8 Å². The monoisotopic (exact) mass is 326 g/mol. The molecule has 0 saturated carbocycles. The zero-order valence-corrected chi connectivity index (χ0v) is 14.4. The van der Waals surface area contributed by atoms with Crippen molar-refractivity contribution in [2.75, 3.05) is 39.0 Å². The molecule has 1 aliphatic heterocycles. The van der Waals surface area contributed by atoms with Gasteiger partial charge in [0.2, 0.25) is 0 Å². The summed E-state index contributed by atoms with van der Waals surface area (Å²) in [5, 5.41) is 14.0. The summed E-state index contributed by atoms with van der Waals surface area (Å²) in [4.78, 5) is 2.54. The highest BCUT2D eigenvalue weighted by molar-refractivity contribution is 7.90. The molecular formula is C16H26N2O3S. The molecule has 2 rings (SSSR count). The van der Waals surface area contributed by atoms with E-state index in [1.165, 1.54) is 6.26 Å². The zero-order valence-electron chi connectivity index (χ0n) is 13.5. The van der Waals surface area contributed by atoms with Crippen molar-refractivity contribution >= 4 is 9.84 Å². The summed E-state index contributed by atoms with van der Waals surface area (Å²) >= 11 is 0. The average Bonchev–Trinajstić information content (AvgIpc) is 2.46. The molecule has 6 heteroatoms. The van der Waals surface area contributed by atoms with Crippen LogP contribution in [-0.4, -0.2) is 57.4 Å².